The van der Waals surface area contributed by atoms with Crippen LogP contribution in [0.15, 0.2) is 113 Å². The number of fused-ring (bicyclic) bond motifs is 2. The molecule has 0 radical (unpaired) electrons. The maximum absolute atomic E-state index is 6.47. The molecule has 0 bridgehead atoms. The van der Waals surface area contributed by atoms with Crippen molar-refractivity contribution in [1.29, 1.82) is 0 Å². The van der Waals surface area contributed by atoms with Gasteiger partial charge >= 0.3 is 0 Å². The minimum absolute atomic E-state index is 0.297. The summed E-state index contributed by atoms with van der Waals surface area (Å²) >= 11 is 0. The Morgan fingerprint density at radius 2 is 1.94 bits per heavy atom. The average Bonchev–Trinajstić information content (AvgIpc) is 3.27. The summed E-state index contributed by atoms with van der Waals surface area (Å²) in [4.78, 5) is 4.97. The zero-order valence-corrected chi connectivity index (χ0v) is 18.9. The highest BCUT2D eigenvalue weighted by atomic mass is 16.5. The van der Waals surface area contributed by atoms with Crippen LogP contribution in [0.4, 0.5) is 0 Å². The quantitative estimate of drug-likeness (QED) is 0.328. The van der Waals surface area contributed by atoms with Crippen LogP contribution in [0.1, 0.15) is 24.7 Å². The number of nitrogens with zero attached hydrogens (tertiary/aromatic N) is 2. The van der Waals surface area contributed by atoms with Crippen LogP contribution in [0.5, 0.6) is 11.5 Å². The molecule has 162 valence electrons. The van der Waals surface area contributed by atoms with Crippen LogP contribution in [0.25, 0.3) is 22.3 Å². The summed E-state index contributed by atoms with van der Waals surface area (Å²) in [6.45, 7) is 2.18. The second kappa shape index (κ2) is 6.48. The molecular weight excluding hydrogens is 416 g/mol. The van der Waals surface area contributed by atoms with Crippen LogP contribution in [0.3, 0.4) is 0 Å². The van der Waals surface area contributed by atoms with E-state index in [9.17, 15) is 0 Å². The Morgan fingerprint density at radius 3 is 2.88 bits per heavy atom. The first-order chi connectivity index (χ1) is 16.8. The SMILES string of the molecule is CCc1nc2cccc3c2n1-c1c(cccc1C1=CC2=C4C(=CC=C5C=CC=C1C54)C=CC2)O3. The van der Waals surface area contributed by atoms with Gasteiger partial charge in [-0.15, -0.1) is 0 Å². The topological polar surface area (TPSA) is 27.1 Å². The van der Waals surface area contributed by atoms with Gasteiger partial charge < -0.3 is 4.74 Å². The number of hydrogen-bond donors (Lipinski definition) is 0. The first-order valence-electron chi connectivity index (χ1n) is 12.1. The van der Waals surface area contributed by atoms with E-state index in [0.717, 1.165) is 46.9 Å². The molecule has 5 aliphatic rings. The third kappa shape index (κ3) is 2.24. The lowest BCUT2D eigenvalue weighted by Crippen LogP contribution is -2.23. The highest BCUT2D eigenvalue weighted by molar-refractivity contribution is 5.95. The molecule has 1 aliphatic heterocycles. The van der Waals surface area contributed by atoms with E-state index in [-0.39, 0.29) is 0 Å². The Kier molecular flexibility index (Phi) is 3.49. The summed E-state index contributed by atoms with van der Waals surface area (Å²) in [5.74, 6) is 3.13. The number of rotatable bonds is 2. The number of para-hydroxylation sites is 2. The highest BCUT2D eigenvalue weighted by Gasteiger charge is 2.37. The maximum Gasteiger partial charge on any atom is 0.153 e. The number of aromatic nitrogens is 2. The molecular formula is C31H22N2O. The normalized spacial score (nSPS) is 20.8. The molecule has 0 N–H and O–H groups in total. The molecule has 0 spiro atoms. The summed E-state index contributed by atoms with van der Waals surface area (Å²) < 4.78 is 8.81. The fourth-order valence-corrected chi connectivity index (χ4v) is 6.24. The van der Waals surface area contributed by atoms with Crippen LogP contribution in [-0.4, -0.2) is 9.55 Å². The standard InChI is InChI=1S/C31H22N2O/c1-2-27-32-24-12-6-14-26-31(24)33(27)30-22(11-5-13-25(30)34-26)23-17-20-9-3-7-18-15-16-19-8-4-10-21(23)29(19)28(18)20/h3-8,10-17,29H,2,9H2,1H3. The number of allylic oxidation sites excluding steroid dienone is 14. The molecule has 3 heteroatoms. The lowest BCUT2D eigenvalue weighted by Gasteiger charge is -2.38. The van der Waals surface area contributed by atoms with Gasteiger partial charge in [-0.05, 0) is 58.1 Å². The van der Waals surface area contributed by atoms with Crippen LogP contribution in [0.2, 0.25) is 0 Å². The van der Waals surface area contributed by atoms with Gasteiger partial charge in [0.25, 0.3) is 0 Å². The molecule has 0 saturated heterocycles. The Bertz CT molecular complexity index is 1680. The molecule has 8 rings (SSSR count). The van der Waals surface area contributed by atoms with Gasteiger partial charge in [-0.3, -0.25) is 4.57 Å². The molecule has 4 aliphatic carbocycles. The molecule has 2 aromatic carbocycles. The highest BCUT2D eigenvalue weighted by Crippen LogP contribution is 2.53. The summed E-state index contributed by atoms with van der Waals surface area (Å²) in [5.41, 5.74) is 12.7. The summed E-state index contributed by atoms with van der Waals surface area (Å²) in [5, 5.41) is 0. The van der Waals surface area contributed by atoms with E-state index >= 15 is 0 Å². The van der Waals surface area contributed by atoms with Crippen molar-refractivity contribution in [1.82, 2.24) is 9.55 Å². The summed E-state index contributed by atoms with van der Waals surface area (Å²) in [6, 6.07) is 12.6. The summed E-state index contributed by atoms with van der Waals surface area (Å²) in [6.07, 6.45) is 20.2. The van der Waals surface area contributed by atoms with Crippen molar-refractivity contribution in [3.05, 3.63) is 124 Å². The van der Waals surface area contributed by atoms with E-state index in [1.807, 2.05) is 12.1 Å². The Morgan fingerprint density at radius 1 is 1.03 bits per heavy atom. The smallest absolute Gasteiger partial charge is 0.153 e. The van der Waals surface area contributed by atoms with Crippen molar-refractivity contribution >= 4 is 16.6 Å². The minimum atomic E-state index is 0.297. The minimum Gasteiger partial charge on any atom is -0.453 e. The second-order valence-corrected chi connectivity index (χ2v) is 9.40. The molecule has 1 unspecified atom stereocenters. The van der Waals surface area contributed by atoms with Gasteiger partial charge in [-0.1, -0.05) is 73.7 Å². The largest absolute Gasteiger partial charge is 0.453 e. The number of aryl methyl sites for hydroxylation is 1. The first kappa shape index (κ1) is 18.3. The second-order valence-electron chi connectivity index (χ2n) is 9.40. The predicted octanol–water partition coefficient (Wildman–Crippen LogP) is 7.33. The van der Waals surface area contributed by atoms with Crippen LogP contribution in [-0.2, 0) is 6.42 Å². The Labute approximate surface area is 198 Å². The van der Waals surface area contributed by atoms with E-state index in [1.165, 1.54) is 39.0 Å². The van der Waals surface area contributed by atoms with Crippen molar-refractivity contribution < 1.29 is 4.74 Å². The van der Waals surface area contributed by atoms with E-state index in [2.05, 4.69) is 84.4 Å². The van der Waals surface area contributed by atoms with Gasteiger partial charge in [0, 0.05) is 17.9 Å². The van der Waals surface area contributed by atoms with Gasteiger partial charge in [0.1, 0.15) is 11.3 Å². The Hall–Kier alpha value is -4.11. The van der Waals surface area contributed by atoms with Crippen molar-refractivity contribution in [2.45, 2.75) is 19.8 Å². The van der Waals surface area contributed by atoms with Crippen LogP contribution in [0, 0.1) is 5.92 Å². The average molecular weight is 439 g/mol. The van der Waals surface area contributed by atoms with Crippen molar-refractivity contribution in [3.8, 4) is 17.2 Å². The molecule has 3 nitrogen and oxygen atoms in total. The van der Waals surface area contributed by atoms with Gasteiger partial charge in [0.15, 0.2) is 11.5 Å². The molecule has 2 heterocycles. The molecule has 1 atom stereocenters. The number of benzene rings is 2. The summed E-state index contributed by atoms with van der Waals surface area (Å²) in [7, 11) is 0. The fraction of sp³-hybridized carbons (Fsp3) is 0.129. The van der Waals surface area contributed by atoms with E-state index in [1.54, 1.807) is 0 Å². The fourth-order valence-electron chi connectivity index (χ4n) is 6.24. The van der Waals surface area contributed by atoms with E-state index in [0.29, 0.717) is 5.92 Å². The van der Waals surface area contributed by atoms with Crippen LogP contribution < -0.4 is 4.74 Å². The maximum atomic E-state index is 6.47. The zero-order valence-electron chi connectivity index (χ0n) is 18.9. The molecule has 34 heavy (non-hydrogen) atoms. The van der Waals surface area contributed by atoms with Gasteiger partial charge in [-0.25, -0.2) is 4.98 Å². The predicted molar refractivity (Wildman–Crippen MR) is 136 cm³/mol. The molecule has 1 aromatic heterocycles. The molecule has 0 saturated carbocycles. The van der Waals surface area contributed by atoms with Crippen molar-refractivity contribution in [2.75, 3.05) is 0 Å². The third-order valence-corrected chi connectivity index (χ3v) is 7.63. The van der Waals surface area contributed by atoms with Crippen molar-refractivity contribution in [2.24, 2.45) is 5.92 Å². The first-order valence-corrected chi connectivity index (χ1v) is 12.1. The lowest BCUT2D eigenvalue weighted by atomic mass is 9.66. The van der Waals surface area contributed by atoms with E-state index < -0.39 is 0 Å². The van der Waals surface area contributed by atoms with Crippen LogP contribution >= 0.6 is 0 Å². The number of imidazole rings is 1. The van der Waals surface area contributed by atoms with E-state index in [4.69, 9.17) is 9.72 Å². The monoisotopic (exact) mass is 438 g/mol. The van der Waals surface area contributed by atoms with Gasteiger partial charge in [0.05, 0.1) is 11.2 Å². The zero-order chi connectivity index (χ0) is 22.4. The molecule has 3 aromatic rings. The number of hydrogen-bond acceptors (Lipinski definition) is 2. The Balaban J connectivity index is 1.44. The number of ether oxygens (including phenoxy) is 1. The molecule has 0 amide bonds. The van der Waals surface area contributed by atoms with Gasteiger partial charge in [0.2, 0.25) is 0 Å². The van der Waals surface area contributed by atoms with Crippen molar-refractivity contribution in [3.63, 3.8) is 0 Å². The lowest BCUT2D eigenvalue weighted by molar-refractivity contribution is 0.474. The third-order valence-electron chi connectivity index (χ3n) is 7.63. The molecule has 0 fully saturated rings. The van der Waals surface area contributed by atoms with Gasteiger partial charge in [-0.2, -0.15) is 0 Å².